The standard InChI is InChI=1S/C15H21N5O2/c1-16-15(18-10-12-6-7-19-20-12)17-9-11-4-5-13(21-2)14(8-11)22-3/h4-8H,9-10H2,1-3H3,(H,19,20)(H2,16,17,18). The van der Waals surface area contributed by atoms with Gasteiger partial charge in [0.2, 0.25) is 0 Å². The van der Waals surface area contributed by atoms with Gasteiger partial charge in [0.25, 0.3) is 0 Å². The zero-order chi connectivity index (χ0) is 15.8. The molecule has 2 rings (SSSR count). The molecule has 2 aromatic rings. The van der Waals surface area contributed by atoms with Gasteiger partial charge in [-0.05, 0) is 23.8 Å². The van der Waals surface area contributed by atoms with Crippen molar-refractivity contribution >= 4 is 5.96 Å². The normalized spacial score (nSPS) is 11.1. The Hall–Kier alpha value is -2.70. The fourth-order valence-corrected chi connectivity index (χ4v) is 1.96. The van der Waals surface area contributed by atoms with Gasteiger partial charge in [-0.1, -0.05) is 6.07 Å². The highest BCUT2D eigenvalue weighted by atomic mass is 16.5. The molecule has 22 heavy (non-hydrogen) atoms. The van der Waals surface area contributed by atoms with Crippen molar-refractivity contribution in [3.8, 4) is 11.5 Å². The van der Waals surface area contributed by atoms with Crippen molar-refractivity contribution in [1.82, 2.24) is 20.8 Å². The minimum Gasteiger partial charge on any atom is -0.493 e. The number of aromatic amines is 1. The van der Waals surface area contributed by atoms with E-state index < -0.39 is 0 Å². The summed E-state index contributed by atoms with van der Waals surface area (Å²) in [7, 11) is 4.98. The van der Waals surface area contributed by atoms with Crippen molar-refractivity contribution < 1.29 is 9.47 Å². The van der Waals surface area contributed by atoms with Crippen molar-refractivity contribution in [3.63, 3.8) is 0 Å². The summed E-state index contributed by atoms with van der Waals surface area (Å²) in [6.07, 6.45) is 1.72. The lowest BCUT2D eigenvalue weighted by Crippen LogP contribution is -2.36. The van der Waals surface area contributed by atoms with Crippen molar-refractivity contribution in [3.05, 3.63) is 41.7 Å². The minimum absolute atomic E-state index is 0.628. The van der Waals surface area contributed by atoms with Crippen LogP contribution in [0.3, 0.4) is 0 Å². The van der Waals surface area contributed by atoms with Crippen LogP contribution in [0.1, 0.15) is 11.3 Å². The Morgan fingerprint density at radius 2 is 1.91 bits per heavy atom. The van der Waals surface area contributed by atoms with Crippen LogP contribution in [0.4, 0.5) is 0 Å². The van der Waals surface area contributed by atoms with Crippen LogP contribution in [0.15, 0.2) is 35.5 Å². The predicted molar refractivity (Wildman–Crippen MR) is 85.2 cm³/mol. The van der Waals surface area contributed by atoms with Gasteiger partial charge in [0.05, 0.1) is 26.5 Å². The predicted octanol–water partition coefficient (Wildman–Crippen LogP) is 1.29. The Kier molecular flexibility index (Phi) is 5.65. The monoisotopic (exact) mass is 303 g/mol. The first-order valence-electron chi connectivity index (χ1n) is 6.90. The number of H-pyrrole nitrogens is 1. The van der Waals surface area contributed by atoms with Gasteiger partial charge in [-0.25, -0.2) is 0 Å². The highest BCUT2D eigenvalue weighted by Crippen LogP contribution is 2.27. The summed E-state index contributed by atoms with van der Waals surface area (Å²) in [5, 5.41) is 13.2. The molecular formula is C15H21N5O2. The third kappa shape index (κ3) is 4.15. The molecule has 0 saturated heterocycles. The number of benzene rings is 1. The average molecular weight is 303 g/mol. The Morgan fingerprint density at radius 3 is 2.55 bits per heavy atom. The van der Waals surface area contributed by atoms with E-state index in [4.69, 9.17) is 9.47 Å². The third-order valence-electron chi connectivity index (χ3n) is 3.14. The first-order valence-corrected chi connectivity index (χ1v) is 6.90. The smallest absolute Gasteiger partial charge is 0.191 e. The molecule has 1 aromatic heterocycles. The van der Waals surface area contributed by atoms with Gasteiger partial charge >= 0.3 is 0 Å². The van der Waals surface area contributed by atoms with E-state index in [1.807, 2.05) is 24.3 Å². The van der Waals surface area contributed by atoms with Crippen molar-refractivity contribution in [2.24, 2.45) is 4.99 Å². The van der Waals surface area contributed by atoms with E-state index in [1.165, 1.54) is 0 Å². The number of hydrogen-bond acceptors (Lipinski definition) is 4. The Labute approximate surface area is 129 Å². The largest absolute Gasteiger partial charge is 0.493 e. The molecule has 0 aliphatic rings. The molecule has 0 fully saturated rings. The molecule has 1 aromatic carbocycles. The summed E-state index contributed by atoms with van der Waals surface area (Å²) < 4.78 is 10.5. The molecule has 0 amide bonds. The van der Waals surface area contributed by atoms with Gasteiger partial charge in [0.1, 0.15) is 0 Å². The second-order valence-corrected chi connectivity index (χ2v) is 4.55. The van der Waals surface area contributed by atoms with E-state index >= 15 is 0 Å². The van der Waals surface area contributed by atoms with Crippen LogP contribution in [0.5, 0.6) is 11.5 Å². The van der Waals surface area contributed by atoms with Crippen molar-refractivity contribution in [2.75, 3.05) is 21.3 Å². The third-order valence-corrected chi connectivity index (χ3v) is 3.14. The number of methoxy groups -OCH3 is 2. The number of ether oxygens (including phenoxy) is 2. The Morgan fingerprint density at radius 1 is 1.14 bits per heavy atom. The number of aromatic nitrogens is 2. The van der Waals surface area contributed by atoms with Gasteiger partial charge in [0.15, 0.2) is 17.5 Å². The van der Waals surface area contributed by atoms with Crippen LogP contribution < -0.4 is 20.1 Å². The summed E-state index contributed by atoms with van der Waals surface area (Å²) in [5.74, 6) is 2.14. The minimum atomic E-state index is 0.628. The van der Waals surface area contributed by atoms with Gasteiger partial charge in [-0.3, -0.25) is 10.1 Å². The van der Waals surface area contributed by atoms with Crippen molar-refractivity contribution in [1.29, 1.82) is 0 Å². The second-order valence-electron chi connectivity index (χ2n) is 4.55. The molecule has 0 atom stereocenters. The van der Waals surface area contributed by atoms with E-state index in [-0.39, 0.29) is 0 Å². The molecule has 0 radical (unpaired) electrons. The van der Waals surface area contributed by atoms with Crippen LogP contribution in [0.25, 0.3) is 0 Å². The fraction of sp³-hybridized carbons (Fsp3) is 0.333. The number of hydrogen-bond donors (Lipinski definition) is 3. The number of nitrogens with zero attached hydrogens (tertiary/aromatic N) is 2. The maximum atomic E-state index is 5.30. The Balaban J connectivity index is 1.90. The quantitative estimate of drug-likeness (QED) is 0.553. The zero-order valence-corrected chi connectivity index (χ0v) is 13.0. The summed E-state index contributed by atoms with van der Waals surface area (Å²) in [5.41, 5.74) is 2.07. The first-order chi connectivity index (χ1) is 10.8. The van der Waals surface area contributed by atoms with Crippen LogP contribution in [-0.4, -0.2) is 37.4 Å². The molecule has 0 aliphatic heterocycles. The molecule has 0 spiro atoms. The lowest BCUT2D eigenvalue weighted by molar-refractivity contribution is 0.354. The lowest BCUT2D eigenvalue weighted by Gasteiger charge is -2.13. The summed E-state index contributed by atoms with van der Waals surface area (Å²) in [6, 6.07) is 7.72. The van der Waals surface area contributed by atoms with Gasteiger partial charge in [-0.2, -0.15) is 5.10 Å². The lowest BCUT2D eigenvalue weighted by atomic mass is 10.2. The molecule has 7 heteroatoms. The van der Waals surface area contributed by atoms with E-state index in [0.717, 1.165) is 11.3 Å². The molecule has 0 saturated carbocycles. The number of rotatable bonds is 6. The van der Waals surface area contributed by atoms with E-state index in [1.54, 1.807) is 27.5 Å². The topological polar surface area (TPSA) is 83.6 Å². The Bertz CT molecular complexity index is 610. The van der Waals surface area contributed by atoms with Crippen LogP contribution >= 0.6 is 0 Å². The molecule has 7 nitrogen and oxygen atoms in total. The van der Waals surface area contributed by atoms with E-state index in [2.05, 4.69) is 25.8 Å². The molecule has 0 unspecified atom stereocenters. The van der Waals surface area contributed by atoms with E-state index in [9.17, 15) is 0 Å². The van der Waals surface area contributed by atoms with Crippen LogP contribution in [0, 0.1) is 0 Å². The van der Waals surface area contributed by atoms with Crippen LogP contribution in [-0.2, 0) is 13.1 Å². The maximum absolute atomic E-state index is 5.30. The SMILES string of the molecule is CN=C(NCc1ccc(OC)c(OC)c1)NCc1ccn[nH]1. The summed E-state index contributed by atoms with van der Waals surface area (Å²) in [6.45, 7) is 1.26. The average Bonchev–Trinajstić information content (AvgIpc) is 3.08. The van der Waals surface area contributed by atoms with Gasteiger partial charge in [-0.15, -0.1) is 0 Å². The first kappa shape index (κ1) is 15.7. The highest BCUT2D eigenvalue weighted by Gasteiger charge is 2.05. The van der Waals surface area contributed by atoms with E-state index in [0.29, 0.717) is 30.5 Å². The van der Waals surface area contributed by atoms with Gasteiger partial charge < -0.3 is 20.1 Å². The summed E-state index contributed by atoms with van der Waals surface area (Å²) >= 11 is 0. The molecule has 3 N–H and O–H groups in total. The molecule has 118 valence electrons. The number of nitrogens with one attached hydrogen (secondary N) is 3. The second kappa shape index (κ2) is 7.92. The fourth-order valence-electron chi connectivity index (χ4n) is 1.96. The zero-order valence-electron chi connectivity index (χ0n) is 13.0. The summed E-state index contributed by atoms with van der Waals surface area (Å²) in [4.78, 5) is 4.18. The van der Waals surface area contributed by atoms with Crippen LogP contribution in [0.2, 0.25) is 0 Å². The molecular weight excluding hydrogens is 282 g/mol. The van der Waals surface area contributed by atoms with Gasteiger partial charge in [0, 0.05) is 19.8 Å². The molecule has 1 heterocycles. The molecule has 0 bridgehead atoms. The highest BCUT2D eigenvalue weighted by molar-refractivity contribution is 5.79. The number of guanidine groups is 1. The van der Waals surface area contributed by atoms with Crippen molar-refractivity contribution in [2.45, 2.75) is 13.1 Å². The molecule has 0 aliphatic carbocycles. The maximum Gasteiger partial charge on any atom is 0.191 e. The number of aliphatic imine (C=N–C) groups is 1.